The lowest BCUT2D eigenvalue weighted by atomic mass is 10.2. The van der Waals surface area contributed by atoms with Gasteiger partial charge >= 0.3 is 0 Å². The molecular weight excluding hydrogens is 273 g/mol. The first-order valence-electron chi connectivity index (χ1n) is 7.12. The van der Waals surface area contributed by atoms with E-state index in [0.717, 1.165) is 18.7 Å². The van der Waals surface area contributed by atoms with Gasteiger partial charge in [0.25, 0.3) is 0 Å². The number of primary amides is 1. The van der Waals surface area contributed by atoms with Crippen LogP contribution in [-0.4, -0.2) is 48.6 Å². The summed E-state index contributed by atoms with van der Waals surface area (Å²) in [6, 6.07) is 7.11. The normalized spacial score (nSPS) is 24.2. The topological polar surface area (TPSA) is 66.6 Å². The molecule has 1 aromatic rings. The van der Waals surface area contributed by atoms with Gasteiger partial charge in [-0.3, -0.25) is 9.59 Å². The predicted octanol–water partition coefficient (Wildman–Crippen LogP) is 0.473. The SMILES string of the molecule is NC(=O)[C@@H]1C[C@@H](F)CN1C(=O)CN1CCc2ccccc21. The molecule has 1 aromatic carbocycles. The predicted molar refractivity (Wildman–Crippen MR) is 76.6 cm³/mol. The first kappa shape index (κ1) is 13.9. The van der Waals surface area contributed by atoms with E-state index in [1.807, 2.05) is 29.2 Å². The number of rotatable bonds is 3. The minimum atomic E-state index is -1.17. The van der Waals surface area contributed by atoms with Crippen molar-refractivity contribution < 1.29 is 14.0 Å². The molecule has 2 N–H and O–H groups in total. The van der Waals surface area contributed by atoms with Crippen LogP contribution in [0.2, 0.25) is 0 Å². The molecule has 1 fully saturated rings. The Morgan fingerprint density at radius 3 is 2.86 bits per heavy atom. The van der Waals surface area contributed by atoms with Crippen LogP contribution in [-0.2, 0) is 16.0 Å². The van der Waals surface area contributed by atoms with E-state index in [9.17, 15) is 14.0 Å². The summed E-state index contributed by atoms with van der Waals surface area (Å²) in [5.74, 6) is -0.874. The highest BCUT2D eigenvalue weighted by Crippen LogP contribution is 2.28. The van der Waals surface area contributed by atoms with Gasteiger partial charge in [-0.25, -0.2) is 4.39 Å². The smallest absolute Gasteiger partial charge is 0.242 e. The monoisotopic (exact) mass is 291 g/mol. The van der Waals surface area contributed by atoms with Crippen LogP contribution in [0, 0.1) is 0 Å². The van der Waals surface area contributed by atoms with Crippen LogP contribution in [0.4, 0.5) is 10.1 Å². The highest BCUT2D eigenvalue weighted by atomic mass is 19.1. The number of benzene rings is 1. The standard InChI is InChI=1S/C15H18FN3O2/c16-11-7-13(15(17)21)19(8-11)14(20)9-18-6-5-10-3-1-2-4-12(10)18/h1-4,11,13H,5-9H2,(H2,17,21)/t11-,13+/m1/s1. The van der Waals surface area contributed by atoms with E-state index in [-0.39, 0.29) is 25.4 Å². The quantitative estimate of drug-likeness (QED) is 0.880. The molecule has 2 amide bonds. The first-order chi connectivity index (χ1) is 10.1. The third-order valence-corrected chi connectivity index (χ3v) is 4.21. The van der Waals surface area contributed by atoms with Crippen molar-refractivity contribution in [2.75, 3.05) is 24.5 Å². The number of halogens is 1. The van der Waals surface area contributed by atoms with Crippen molar-refractivity contribution in [2.45, 2.75) is 25.1 Å². The summed E-state index contributed by atoms with van der Waals surface area (Å²) in [5, 5.41) is 0. The van der Waals surface area contributed by atoms with E-state index in [0.29, 0.717) is 0 Å². The van der Waals surface area contributed by atoms with Gasteiger partial charge in [0.05, 0.1) is 13.1 Å². The van der Waals surface area contributed by atoms with Crippen LogP contribution < -0.4 is 10.6 Å². The summed E-state index contributed by atoms with van der Waals surface area (Å²) in [5.41, 5.74) is 7.51. The molecule has 2 aliphatic heterocycles. The Kier molecular flexibility index (Phi) is 3.53. The van der Waals surface area contributed by atoms with E-state index in [4.69, 9.17) is 5.73 Å². The van der Waals surface area contributed by atoms with Gasteiger partial charge in [-0.2, -0.15) is 0 Å². The molecule has 0 spiro atoms. The summed E-state index contributed by atoms with van der Waals surface area (Å²) in [6.45, 7) is 0.884. The number of nitrogens with zero attached hydrogens (tertiary/aromatic N) is 2. The van der Waals surface area contributed by atoms with Crippen molar-refractivity contribution in [2.24, 2.45) is 5.73 Å². The van der Waals surface area contributed by atoms with E-state index in [1.165, 1.54) is 10.5 Å². The summed E-state index contributed by atoms with van der Waals surface area (Å²) in [4.78, 5) is 27.0. The van der Waals surface area contributed by atoms with Crippen LogP contribution >= 0.6 is 0 Å². The fourth-order valence-corrected chi connectivity index (χ4v) is 3.15. The maximum Gasteiger partial charge on any atom is 0.242 e. The van der Waals surface area contributed by atoms with Gasteiger partial charge in [-0.15, -0.1) is 0 Å². The average molecular weight is 291 g/mol. The van der Waals surface area contributed by atoms with Gasteiger partial charge in [0.2, 0.25) is 11.8 Å². The fraction of sp³-hybridized carbons (Fsp3) is 0.467. The van der Waals surface area contributed by atoms with E-state index in [1.54, 1.807) is 0 Å². The molecule has 0 aliphatic carbocycles. The fourth-order valence-electron chi connectivity index (χ4n) is 3.15. The molecule has 0 unspecified atom stereocenters. The van der Waals surface area contributed by atoms with E-state index >= 15 is 0 Å². The summed E-state index contributed by atoms with van der Waals surface area (Å²) < 4.78 is 13.5. The Morgan fingerprint density at radius 2 is 2.10 bits per heavy atom. The van der Waals surface area contributed by atoms with Crippen LogP contribution in [0.3, 0.4) is 0 Å². The molecule has 0 radical (unpaired) electrons. The number of para-hydroxylation sites is 1. The van der Waals surface area contributed by atoms with Gasteiger partial charge in [0, 0.05) is 18.7 Å². The van der Waals surface area contributed by atoms with Crippen molar-refractivity contribution >= 4 is 17.5 Å². The molecule has 6 heteroatoms. The molecular formula is C15H18FN3O2. The highest BCUT2D eigenvalue weighted by molar-refractivity contribution is 5.89. The molecule has 2 atom stereocenters. The van der Waals surface area contributed by atoms with Crippen molar-refractivity contribution in [3.63, 3.8) is 0 Å². The molecule has 3 rings (SSSR count). The number of alkyl halides is 1. The Morgan fingerprint density at radius 1 is 1.33 bits per heavy atom. The minimum Gasteiger partial charge on any atom is -0.368 e. The molecule has 2 aliphatic rings. The van der Waals surface area contributed by atoms with Crippen LogP contribution in [0.25, 0.3) is 0 Å². The lowest BCUT2D eigenvalue weighted by Gasteiger charge is -2.26. The number of anilines is 1. The van der Waals surface area contributed by atoms with Gasteiger partial charge < -0.3 is 15.5 Å². The molecule has 2 heterocycles. The second-order valence-electron chi connectivity index (χ2n) is 5.60. The molecule has 1 saturated heterocycles. The highest BCUT2D eigenvalue weighted by Gasteiger charge is 2.39. The number of hydrogen-bond acceptors (Lipinski definition) is 3. The van der Waals surface area contributed by atoms with Gasteiger partial charge in [-0.1, -0.05) is 18.2 Å². The molecule has 0 saturated carbocycles. The minimum absolute atomic E-state index is 0.0116. The van der Waals surface area contributed by atoms with Gasteiger partial charge in [0.1, 0.15) is 12.2 Å². The third-order valence-electron chi connectivity index (χ3n) is 4.21. The van der Waals surface area contributed by atoms with Crippen molar-refractivity contribution in [3.8, 4) is 0 Å². The summed E-state index contributed by atoms with van der Waals surface area (Å²) in [6.07, 6.45) is -0.260. The number of fused-ring (bicyclic) bond motifs is 1. The zero-order chi connectivity index (χ0) is 15.0. The molecule has 5 nitrogen and oxygen atoms in total. The molecule has 21 heavy (non-hydrogen) atoms. The zero-order valence-corrected chi connectivity index (χ0v) is 11.7. The largest absolute Gasteiger partial charge is 0.368 e. The molecule has 0 bridgehead atoms. The van der Waals surface area contributed by atoms with Gasteiger partial charge in [0.15, 0.2) is 0 Å². The summed E-state index contributed by atoms with van der Waals surface area (Å²) in [7, 11) is 0. The van der Waals surface area contributed by atoms with Crippen molar-refractivity contribution in [3.05, 3.63) is 29.8 Å². The molecule has 0 aromatic heterocycles. The number of nitrogens with two attached hydrogens (primary N) is 1. The van der Waals surface area contributed by atoms with Crippen LogP contribution in [0.5, 0.6) is 0 Å². The van der Waals surface area contributed by atoms with Crippen LogP contribution in [0.15, 0.2) is 24.3 Å². The van der Waals surface area contributed by atoms with Crippen LogP contribution in [0.1, 0.15) is 12.0 Å². The zero-order valence-electron chi connectivity index (χ0n) is 11.7. The number of amides is 2. The first-order valence-corrected chi connectivity index (χ1v) is 7.12. The Labute approximate surface area is 122 Å². The second-order valence-corrected chi connectivity index (χ2v) is 5.60. The number of hydrogen-bond donors (Lipinski definition) is 1. The lowest BCUT2D eigenvalue weighted by molar-refractivity contribution is -0.136. The number of likely N-dealkylation sites (tertiary alicyclic amines) is 1. The molecule has 112 valence electrons. The Bertz CT molecular complexity index is 578. The third kappa shape index (κ3) is 2.57. The Balaban J connectivity index is 1.71. The van der Waals surface area contributed by atoms with Gasteiger partial charge in [-0.05, 0) is 18.1 Å². The maximum absolute atomic E-state index is 13.5. The van der Waals surface area contributed by atoms with Crippen molar-refractivity contribution in [1.82, 2.24) is 4.90 Å². The number of carbonyl (C=O) groups is 2. The van der Waals surface area contributed by atoms with Crippen molar-refractivity contribution in [1.29, 1.82) is 0 Å². The van der Waals surface area contributed by atoms with E-state index < -0.39 is 18.1 Å². The average Bonchev–Trinajstić information content (AvgIpc) is 3.03. The Hall–Kier alpha value is -2.11. The second kappa shape index (κ2) is 5.35. The maximum atomic E-state index is 13.5. The van der Waals surface area contributed by atoms with E-state index in [2.05, 4.69) is 0 Å². The number of carbonyl (C=O) groups excluding carboxylic acids is 2. The lowest BCUT2D eigenvalue weighted by Crippen LogP contribution is -2.47. The summed E-state index contributed by atoms with van der Waals surface area (Å²) >= 11 is 0.